The van der Waals surface area contributed by atoms with Gasteiger partial charge in [-0.15, -0.1) is 11.3 Å². The van der Waals surface area contributed by atoms with Crippen LogP contribution in [0.4, 0.5) is 5.13 Å². The molecule has 5 rings (SSSR count). The first-order valence-corrected chi connectivity index (χ1v) is 10.5. The zero-order chi connectivity index (χ0) is 18.9. The van der Waals surface area contributed by atoms with E-state index in [1.165, 1.54) is 4.88 Å². The van der Waals surface area contributed by atoms with E-state index in [-0.39, 0.29) is 11.8 Å². The Labute approximate surface area is 166 Å². The summed E-state index contributed by atoms with van der Waals surface area (Å²) in [6.07, 6.45) is 4.22. The first kappa shape index (κ1) is 17.6. The summed E-state index contributed by atoms with van der Waals surface area (Å²) in [6.45, 7) is 3.73. The number of morpholine rings is 1. The molecule has 2 N–H and O–H groups in total. The number of anilines is 1. The average molecular weight is 398 g/mol. The Kier molecular flexibility index (Phi) is 4.69. The predicted octanol–water partition coefficient (Wildman–Crippen LogP) is 1.67. The SMILES string of the molecule is O=C(NCc1[nH]nc2ncccc12)C1CCc2sc(N3CCOCC3)nc2C1. The highest BCUT2D eigenvalue weighted by Crippen LogP contribution is 2.34. The van der Waals surface area contributed by atoms with Crippen molar-refractivity contribution >= 4 is 33.4 Å². The molecule has 1 amide bonds. The van der Waals surface area contributed by atoms with Crippen LogP contribution in [0.1, 0.15) is 22.7 Å². The summed E-state index contributed by atoms with van der Waals surface area (Å²) in [5, 5.41) is 12.2. The fourth-order valence-corrected chi connectivity index (χ4v) is 4.99. The quantitative estimate of drug-likeness (QED) is 0.694. The van der Waals surface area contributed by atoms with Gasteiger partial charge in [0, 0.05) is 41.9 Å². The van der Waals surface area contributed by atoms with Crippen molar-refractivity contribution in [1.82, 2.24) is 25.5 Å². The molecular formula is C19H22N6O2S. The second-order valence-electron chi connectivity index (χ2n) is 7.20. The molecule has 0 radical (unpaired) electrons. The van der Waals surface area contributed by atoms with E-state index in [1.54, 1.807) is 17.5 Å². The summed E-state index contributed by atoms with van der Waals surface area (Å²) in [7, 11) is 0. The number of aromatic nitrogens is 4. The molecule has 0 aromatic carbocycles. The summed E-state index contributed by atoms with van der Waals surface area (Å²) in [5.41, 5.74) is 2.65. The van der Waals surface area contributed by atoms with E-state index < -0.39 is 0 Å². The molecule has 1 aliphatic carbocycles. The molecule has 8 nitrogen and oxygen atoms in total. The van der Waals surface area contributed by atoms with Crippen LogP contribution in [0.15, 0.2) is 18.3 Å². The number of hydrogen-bond donors (Lipinski definition) is 2. The lowest BCUT2D eigenvalue weighted by Gasteiger charge is -2.26. The number of pyridine rings is 1. The Hall–Kier alpha value is -2.52. The molecule has 1 unspecified atom stereocenters. The number of rotatable bonds is 4. The number of hydrogen-bond acceptors (Lipinski definition) is 7. The van der Waals surface area contributed by atoms with Crippen molar-refractivity contribution in [2.75, 3.05) is 31.2 Å². The zero-order valence-electron chi connectivity index (χ0n) is 15.5. The molecule has 1 saturated heterocycles. The molecule has 1 aliphatic heterocycles. The van der Waals surface area contributed by atoms with Crippen molar-refractivity contribution in [3.05, 3.63) is 34.6 Å². The maximum Gasteiger partial charge on any atom is 0.223 e. The van der Waals surface area contributed by atoms with Crippen LogP contribution >= 0.6 is 11.3 Å². The average Bonchev–Trinajstić information content (AvgIpc) is 3.36. The fraction of sp³-hybridized carbons (Fsp3) is 0.474. The second kappa shape index (κ2) is 7.48. The molecule has 4 heterocycles. The lowest BCUT2D eigenvalue weighted by molar-refractivity contribution is -0.125. The molecule has 28 heavy (non-hydrogen) atoms. The summed E-state index contributed by atoms with van der Waals surface area (Å²) in [5.74, 6) is 0.0534. The van der Waals surface area contributed by atoms with Crippen molar-refractivity contribution in [2.45, 2.75) is 25.8 Å². The molecule has 1 fully saturated rings. The lowest BCUT2D eigenvalue weighted by Crippen LogP contribution is -2.36. The van der Waals surface area contributed by atoms with E-state index in [1.807, 2.05) is 12.1 Å². The first-order valence-electron chi connectivity index (χ1n) is 9.65. The number of fused-ring (bicyclic) bond motifs is 2. The molecule has 146 valence electrons. The third-order valence-electron chi connectivity index (χ3n) is 5.43. The number of carbonyl (C=O) groups excluding carboxylic acids is 1. The third-order valence-corrected chi connectivity index (χ3v) is 6.65. The number of aryl methyl sites for hydroxylation is 1. The largest absolute Gasteiger partial charge is 0.378 e. The number of nitrogens with one attached hydrogen (secondary N) is 2. The van der Waals surface area contributed by atoms with Crippen LogP contribution in [-0.4, -0.2) is 52.4 Å². The van der Waals surface area contributed by atoms with Gasteiger partial charge in [0.2, 0.25) is 5.91 Å². The molecule has 1 atom stereocenters. The summed E-state index contributed by atoms with van der Waals surface area (Å²) in [6, 6.07) is 3.84. The van der Waals surface area contributed by atoms with Crippen molar-refractivity contribution in [3.8, 4) is 0 Å². The highest BCUT2D eigenvalue weighted by atomic mass is 32.1. The van der Waals surface area contributed by atoms with E-state index in [0.29, 0.717) is 18.6 Å². The van der Waals surface area contributed by atoms with Crippen LogP contribution in [-0.2, 0) is 28.9 Å². The third kappa shape index (κ3) is 3.35. The molecule has 2 aliphatic rings. The smallest absolute Gasteiger partial charge is 0.223 e. The van der Waals surface area contributed by atoms with Gasteiger partial charge in [-0.05, 0) is 25.0 Å². The Balaban J connectivity index is 1.23. The Morgan fingerprint density at radius 1 is 1.39 bits per heavy atom. The minimum Gasteiger partial charge on any atom is -0.378 e. The normalized spacial score (nSPS) is 19.6. The van der Waals surface area contributed by atoms with Crippen molar-refractivity contribution < 1.29 is 9.53 Å². The van der Waals surface area contributed by atoms with Gasteiger partial charge in [0.15, 0.2) is 10.8 Å². The van der Waals surface area contributed by atoms with Crippen molar-refractivity contribution in [2.24, 2.45) is 5.92 Å². The van der Waals surface area contributed by atoms with Gasteiger partial charge in [-0.25, -0.2) is 9.97 Å². The topological polar surface area (TPSA) is 96.0 Å². The fourth-order valence-electron chi connectivity index (χ4n) is 3.84. The first-order chi connectivity index (χ1) is 13.8. The van der Waals surface area contributed by atoms with Crippen molar-refractivity contribution in [3.63, 3.8) is 0 Å². The van der Waals surface area contributed by atoms with E-state index in [2.05, 4.69) is 25.4 Å². The summed E-state index contributed by atoms with van der Waals surface area (Å²) in [4.78, 5) is 25.4. The second-order valence-corrected chi connectivity index (χ2v) is 8.26. The van der Waals surface area contributed by atoms with Crippen LogP contribution in [0.3, 0.4) is 0 Å². The minimum absolute atomic E-state index is 0.0283. The van der Waals surface area contributed by atoms with Gasteiger partial charge < -0.3 is 15.0 Å². The lowest BCUT2D eigenvalue weighted by atomic mass is 9.90. The van der Waals surface area contributed by atoms with Gasteiger partial charge in [0.25, 0.3) is 0 Å². The number of ether oxygens (including phenoxy) is 1. The molecule has 9 heteroatoms. The Morgan fingerprint density at radius 2 is 2.29 bits per heavy atom. The molecule has 0 bridgehead atoms. The van der Waals surface area contributed by atoms with E-state index in [9.17, 15) is 4.79 Å². The highest BCUT2D eigenvalue weighted by Gasteiger charge is 2.29. The van der Waals surface area contributed by atoms with Crippen LogP contribution in [0.25, 0.3) is 11.0 Å². The molecule has 3 aromatic heterocycles. The molecule has 0 saturated carbocycles. The number of nitrogens with zero attached hydrogens (tertiary/aromatic N) is 4. The molecule has 0 spiro atoms. The number of aromatic amines is 1. The predicted molar refractivity (Wildman–Crippen MR) is 106 cm³/mol. The Morgan fingerprint density at radius 3 is 3.18 bits per heavy atom. The summed E-state index contributed by atoms with van der Waals surface area (Å²) < 4.78 is 5.43. The summed E-state index contributed by atoms with van der Waals surface area (Å²) >= 11 is 1.78. The van der Waals surface area contributed by atoms with Gasteiger partial charge in [-0.1, -0.05) is 0 Å². The van der Waals surface area contributed by atoms with Crippen LogP contribution in [0.2, 0.25) is 0 Å². The van der Waals surface area contributed by atoms with Gasteiger partial charge >= 0.3 is 0 Å². The van der Waals surface area contributed by atoms with Crippen LogP contribution in [0, 0.1) is 5.92 Å². The maximum atomic E-state index is 12.7. The highest BCUT2D eigenvalue weighted by molar-refractivity contribution is 7.15. The number of H-pyrrole nitrogens is 1. The van der Waals surface area contributed by atoms with Crippen LogP contribution in [0.5, 0.6) is 0 Å². The standard InChI is InChI=1S/C19H22N6O2S/c26-18(21-11-15-13-2-1-5-20-17(13)24-23-15)12-3-4-16-14(10-12)22-19(28-16)25-6-8-27-9-7-25/h1-2,5,12H,3-4,6-11H2,(H,21,26)(H,20,23,24). The molecule has 3 aromatic rings. The maximum absolute atomic E-state index is 12.7. The van der Waals surface area contributed by atoms with Gasteiger partial charge in [0.1, 0.15) is 0 Å². The Bertz CT molecular complexity index is 993. The molecular weight excluding hydrogens is 376 g/mol. The van der Waals surface area contributed by atoms with Crippen molar-refractivity contribution in [1.29, 1.82) is 0 Å². The number of carbonyl (C=O) groups is 1. The van der Waals surface area contributed by atoms with E-state index in [4.69, 9.17) is 9.72 Å². The van der Waals surface area contributed by atoms with Gasteiger partial charge in [-0.2, -0.15) is 5.10 Å². The number of thiazole rings is 1. The van der Waals surface area contributed by atoms with Crippen LogP contribution < -0.4 is 10.2 Å². The van der Waals surface area contributed by atoms with Gasteiger partial charge in [0.05, 0.1) is 31.1 Å². The zero-order valence-corrected chi connectivity index (χ0v) is 16.3. The number of amides is 1. The van der Waals surface area contributed by atoms with Gasteiger partial charge in [-0.3, -0.25) is 9.89 Å². The minimum atomic E-state index is -0.0283. The van der Waals surface area contributed by atoms with E-state index in [0.717, 1.165) is 61.1 Å². The van der Waals surface area contributed by atoms with E-state index >= 15 is 0 Å². The monoisotopic (exact) mass is 398 g/mol.